The first-order valence-corrected chi connectivity index (χ1v) is 7.21. The van der Waals surface area contributed by atoms with E-state index < -0.39 is 0 Å². The molecule has 3 aliphatic heterocycles. The first-order valence-electron chi connectivity index (χ1n) is 7.21. The molecule has 0 amide bonds. The average molecular weight is 239 g/mol. The van der Waals surface area contributed by atoms with E-state index in [1.807, 2.05) is 0 Å². The fraction of sp³-hybridized carbons (Fsp3) is 1.00. The van der Waals surface area contributed by atoms with Crippen molar-refractivity contribution in [3.05, 3.63) is 0 Å². The van der Waals surface area contributed by atoms with Gasteiger partial charge in [-0.15, -0.1) is 0 Å². The van der Waals surface area contributed by atoms with Crippen LogP contribution in [-0.4, -0.2) is 38.5 Å². The Morgan fingerprint density at radius 2 is 2.18 bits per heavy atom. The van der Waals surface area contributed by atoms with Crippen LogP contribution in [0, 0.1) is 17.8 Å². The number of hydrogen-bond donors (Lipinski definition) is 1. The highest BCUT2D eigenvalue weighted by atomic mass is 16.6. The maximum Gasteiger partial charge on any atom is 0.0939 e. The second-order valence-corrected chi connectivity index (χ2v) is 6.22. The Morgan fingerprint density at radius 3 is 2.94 bits per heavy atom. The summed E-state index contributed by atoms with van der Waals surface area (Å²) in [7, 11) is 0. The smallest absolute Gasteiger partial charge is 0.0939 e. The predicted molar refractivity (Wildman–Crippen MR) is 67.0 cm³/mol. The summed E-state index contributed by atoms with van der Waals surface area (Å²) in [6, 6.07) is 0. The van der Waals surface area contributed by atoms with Gasteiger partial charge < -0.3 is 14.8 Å². The molecule has 3 aliphatic rings. The van der Waals surface area contributed by atoms with Crippen molar-refractivity contribution in [1.29, 1.82) is 0 Å². The van der Waals surface area contributed by atoms with Gasteiger partial charge >= 0.3 is 0 Å². The van der Waals surface area contributed by atoms with E-state index in [-0.39, 0.29) is 5.60 Å². The van der Waals surface area contributed by atoms with Gasteiger partial charge in [0.05, 0.1) is 12.2 Å². The van der Waals surface area contributed by atoms with Crippen molar-refractivity contribution < 1.29 is 9.47 Å². The van der Waals surface area contributed by atoms with Crippen LogP contribution >= 0.6 is 0 Å². The maximum atomic E-state index is 6.04. The van der Waals surface area contributed by atoms with Gasteiger partial charge in [-0.1, -0.05) is 6.92 Å². The van der Waals surface area contributed by atoms with Crippen molar-refractivity contribution in [2.24, 2.45) is 17.8 Å². The summed E-state index contributed by atoms with van der Waals surface area (Å²) in [4.78, 5) is 0. The van der Waals surface area contributed by atoms with Crippen molar-refractivity contribution in [3.63, 3.8) is 0 Å². The largest absolute Gasteiger partial charge is 0.378 e. The molecule has 98 valence electrons. The summed E-state index contributed by atoms with van der Waals surface area (Å²) in [5.74, 6) is 2.57. The van der Waals surface area contributed by atoms with E-state index in [0.717, 1.165) is 44.0 Å². The summed E-state index contributed by atoms with van der Waals surface area (Å²) in [5.41, 5.74) is 0.0834. The Balaban J connectivity index is 1.66. The van der Waals surface area contributed by atoms with E-state index in [1.54, 1.807) is 0 Å². The van der Waals surface area contributed by atoms with Crippen LogP contribution in [0.1, 0.15) is 32.6 Å². The van der Waals surface area contributed by atoms with Gasteiger partial charge in [0.1, 0.15) is 0 Å². The Hall–Kier alpha value is -0.120. The molecule has 3 saturated heterocycles. The molecular weight excluding hydrogens is 214 g/mol. The third-order valence-electron chi connectivity index (χ3n) is 5.09. The number of nitrogens with one attached hydrogen (secondary N) is 1. The lowest BCUT2D eigenvalue weighted by Crippen LogP contribution is -2.47. The zero-order valence-corrected chi connectivity index (χ0v) is 10.9. The first-order chi connectivity index (χ1) is 8.29. The minimum atomic E-state index is 0.0834. The van der Waals surface area contributed by atoms with E-state index in [1.165, 1.54) is 32.4 Å². The van der Waals surface area contributed by atoms with Crippen LogP contribution in [-0.2, 0) is 9.47 Å². The van der Waals surface area contributed by atoms with Crippen LogP contribution in [0.25, 0.3) is 0 Å². The Bertz CT molecular complexity index is 263. The van der Waals surface area contributed by atoms with Gasteiger partial charge in [0.15, 0.2) is 0 Å². The monoisotopic (exact) mass is 239 g/mol. The lowest BCUT2D eigenvalue weighted by atomic mass is 9.71. The molecule has 3 fully saturated rings. The molecule has 0 radical (unpaired) electrons. The van der Waals surface area contributed by atoms with E-state index in [9.17, 15) is 0 Å². The van der Waals surface area contributed by atoms with Gasteiger partial charge in [-0.3, -0.25) is 0 Å². The van der Waals surface area contributed by atoms with E-state index in [0.29, 0.717) is 0 Å². The standard InChI is InChI=1S/C14H25NO2/c1-11-2-5-15-9-13(11)12-3-6-17-14(8-12)4-7-16-10-14/h11-13,15H,2-10H2,1H3. The fourth-order valence-corrected chi connectivity index (χ4v) is 3.94. The van der Waals surface area contributed by atoms with Crippen molar-refractivity contribution in [3.8, 4) is 0 Å². The normalized spacial score (nSPS) is 47.5. The summed E-state index contributed by atoms with van der Waals surface area (Å²) in [6.45, 7) is 7.51. The molecule has 4 unspecified atom stereocenters. The summed E-state index contributed by atoms with van der Waals surface area (Å²) in [5, 5.41) is 3.57. The van der Waals surface area contributed by atoms with Crippen molar-refractivity contribution >= 4 is 0 Å². The highest BCUT2D eigenvalue weighted by Gasteiger charge is 2.43. The third-order valence-corrected chi connectivity index (χ3v) is 5.09. The Kier molecular flexibility index (Phi) is 3.42. The lowest BCUT2D eigenvalue weighted by Gasteiger charge is -2.43. The SMILES string of the molecule is CC1CCNCC1C1CCOC2(CCOC2)C1. The second kappa shape index (κ2) is 4.87. The van der Waals surface area contributed by atoms with E-state index in [4.69, 9.17) is 9.47 Å². The zero-order chi connectivity index (χ0) is 11.7. The first kappa shape index (κ1) is 11.9. The predicted octanol–water partition coefficient (Wildman–Crippen LogP) is 1.82. The summed E-state index contributed by atoms with van der Waals surface area (Å²) in [6.07, 6.45) is 4.92. The highest BCUT2D eigenvalue weighted by Crippen LogP contribution is 2.41. The molecular formula is C14H25NO2. The van der Waals surface area contributed by atoms with E-state index >= 15 is 0 Å². The van der Waals surface area contributed by atoms with Crippen molar-refractivity contribution in [2.75, 3.05) is 32.9 Å². The molecule has 3 heteroatoms. The fourth-order valence-electron chi connectivity index (χ4n) is 3.94. The molecule has 17 heavy (non-hydrogen) atoms. The van der Waals surface area contributed by atoms with Crippen LogP contribution in [0.2, 0.25) is 0 Å². The Morgan fingerprint density at radius 1 is 1.24 bits per heavy atom. The minimum absolute atomic E-state index is 0.0834. The third kappa shape index (κ3) is 2.38. The average Bonchev–Trinajstić information content (AvgIpc) is 2.78. The summed E-state index contributed by atoms with van der Waals surface area (Å²) < 4.78 is 11.6. The number of piperidine rings is 1. The molecule has 0 aromatic heterocycles. The maximum absolute atomic E-state index is 6.04. The highest BCUT2D eigenvalue weighted by molar-refractivity contribution is 4.94. The lowest BCUT2D eigenvalue weighted by molar-refractivity contribution is -0.111. The number of rotatable bonds is 1. The van der Waals surface area contributed by atoms with Crippen molar-refractivity contribution in [1.82, 2.24) is 5.32 Å². The summed E-state index contributed by atoms with van der Waals surface area (Å²) >= 11 is 0. The molecule has 3 heterocycles. The molecule has 0 aliphatic carbocycles. The zero-order valence-electron chi connectivity index (χ0n) is 10.9. The van der Waals surface area contributed by atoms with Gasteiger partial charge in [-0.25, -0.2) is 0 Å². The van der Waals surface area contributed by atoms with Gasteiger partial charge in [0.2, 0.25) is 0 Å². The van der Waals surface area contributed by atoms with E-state index in [2.05, 4.69) is 12.2 Å². The second-order valence-electron chi connectivity index (χ2n) is 6.22. The molecule has 3 nitrogen and oxygen atoms in total. The van der Waals surface area contributed by atoms with Crippen LogP contribution < -0.4 is 5.32 Å². The molecule has 0 bridgehead atoms. The molecule has 0 aromatic rings. The van der Waals surface area contributed by atoms with Crippen molar-refractivity contribution in [2.45, 2.75) is 38.2 Å². The molecule has 0 saturated carbocycles. The molecule has 3 rings (SSSR count). The molecule has 1 spiro atoms. The van der Waals surface area contributed by atoms with Gasteiger partial charge in [-0.2, -0.15) is 0 Å². The molecule has 4 atom stereocenters. The minimum Gasteiger partial charge on any atom is -0.378 e. The van der Waals surface area contributed by atoms with Crippen LogP contribution in [0.4, 0.5) is 0 Å². The Labute approximate surface area is 104 Å². The van der Waals surface area contributed by atoms with Crippen LogP contribution in [0.5, 0.6) is 0 Å². The van der Waals surface area contributed by atoms with Gasteiger partial charge in [-0.05, 0) is 50.1 Å². The topological polar surface area (TPSA) is 30.5 Å². The number of ether oxygens (including phenoxy) is 2. The number of hydrogen-bond acceptors (Lipinski definition) is 3. The van der Waals surface area contributed by atoms with Crippen LogP contribution in [0.3, 0.4) is 0 Å². The van der Waals surface area contributed by atoms with Gasteiger partial charge in [0.25, 0.3) is 0 Å². The molecule has 0 aromatic carbocycles. The van der Waals surface area contributed by atoms with Gasteiger partial charge in [0, 0.05) is 19.6 Å². The van der Waals surface area contributed by atoms with Crippen LogP contribution in [0.15, 0.2) is 0 Å². The molecule has 1 N–H and O–H groups in total. The quantitative estimate of drug-likeness (QED) is 0.757.